The number of aromatic nitrogens is 2. The van der Waals surface area contributed by atoms with E-state index in [1.54, 1.807) is 24.9 Å². The molecule has 0 bridgehead atoms. The van der Waals surface area contributed by atoms with Gasteiger partial charge in [0.05, 0.1) is 13.7 Å². The lowest BCUT2D eigenvalue weighted by atomic mass is 10.2. The van der Waals surface area contributed by atoms with Crippen LogP contribution in [0.5, 0.6) is 11.5 Å². The van der Waals surface area contributed by atoms with Crippen molar-refractivity contribution in [3.8, 4) is 11.5 Å². The van der Waals surface area contributed by atoms with Gasteiger partial charge in [-0.2, -0.15) is 0 Å². The Balaban J connectivity index is 2.01. The van der Waals surface area contributed by atoms with Crippen molar-refractivity contribution in [2.24, 2.45) is 0 Å². The summed E-state index contributed by atoms with van der Waals surface area (Å²) in [6.07, 6.45) is 3.16. The number of carbonyl (C=O) groups excluding carboxylic acids is 1. The largest absolute Gasteiger partial charge is 0.493 e. The molecular weight excluding hydrogens is 346 g/mol. The van der Waals surface area contributed by atoms with Gasteiger partial charge in [-0.25, -0.2) is 0 Å². The summed E-state index contributed by atoms with van der Waals surface area (Å²) >= 11 is 2.95. The monoisotopic (exact) mass is 365 g/mol. The van der Waals surface area contributed by atoms with Crippen LogP contribution in [0.25, 0.3) is 6.08 Å². The molecule has 8 heteroatoms. The number of nitrogens with zero attached hydrogens (tertiary/aromatic N) is 2. The van der Waals surface area contributed by atoms with Crippen LogP contribution < -0.4 is 14.8 Å². The number of ether oxygens (including phenoxy) is 2. The van der Waals surface area contributed by atoms with Gasteiger partial charge in [-0.3, -0.25) is 10.1 Å². The summed E-state index contributed by atoms with van der Waals surface area (Å²) in [6.45, 7) is 4.49. The van der Waals surface area contributed by atoms with Gasteiger partial charge in [0.15, 0.2) is 15.8 Å². The topological polar surface area (TPSA) is 73.3 Å². The Morgan fingerprint density at radius 3 is 2.88 bits per heavy atom. The van der Waals surface area contributed by atoms with E-state index in [2.05, 4.69) is 15.5 Å². The van der Waals surface area contributed by atoms with Gasteiger partial charge in [0.1, 0.15) is 0 Å². The smallest absolute Gasteiger partial charge is 0.250 e. The van der Waals surface area contributed by atoms with Crippen molar-refractivity contribution in [3.05, 3.63) is 29.8 Å². The van der Waals surface area contributed by atoms with Crippen LogP contribution in [0.1, 0.15) is 19.4 Å². The normalized spacial score (nSPS) is 10.8. The molecule has 0 spiro atoms. The molecule has 0 saturated heterocycles. The molecule has 1 amide bonds. The van der Waals surface area contributed by atoms with Gasteiger partial charge in [0.25, 0.3) is 0 Å². The van der Waals surface area contributed by atoms with Crippen molar-refractivity contribution in [3.63, 3.8) is 0 Å². The highest BCUT2D eigenvalue weighted by Crippen LogP contribution is 2.28. The summed E-state index contributed by atoms with van der Waals surface area (Å²) in [5.41, 5.74) is 0.842. The minimum absolute atomic E-state index is 0.257. The SMILES string of the molecule is CCOc1cc(/C=C/C(=O)Nc2nnc(SCC)s2)ccc1OC. The van der Waals surface area contributed by atoms with Crippen molar-refractivity contribution < 1.29 is 14.3 Å². The molecule has 0 saturated carbocycles. The van der Waals surface area contributed by atoms with Gasteiger partial charge < -0.3 is 9.47 Å². The van der Waals surface area contributed by atoms with E-state index in [0.29, 0.717) is 23.2 Å². The van der Waals surface area contributed by atoms with E-state index in [0.717, 1.165) is 15.7 Å². The number of hydrogen-bond donors (Lipinski definition) is 1. The maximum Gasteiger partial charge on any atom is 0.250 e. The van der Waals surface area contributed by atoms with Gasteiger partial charge in [-0.05, 0) is 36.4 Å². The number of hydrogen-bond acceptors (Lipinski definition) is 7. The van der Waals surface area contributed by atoms with Gasteiger partial charge in [-0.1, -0.05) is 36.1 Å². The van der Waals surface area contributed by atoms with Gasteiger partial charge in [0.2, 0.25) is 11.0 Å². The second-order valence-electron chi connectivity index (χ2n) is 4.47. The first-order chi connectivity index (χ1) is 11.7. The fraction of sp³-hybridized carbons (Fsp3) is 0.312. The molecule has 0 atom stereocenters. The van der Waals surface area contributed by atoms with Gasteiger partial charge in [-0.15, -0.1) is 10.2 Å². The standard InChI is InChI=1S/C16H19N3O3S2/c1-4-22-13-10-11(6-8-12(13)21-3)7-9-14(20)17-15-18-19-16(24-15)23-5-2/h6-10H,4-5H2,1-3H3,(H,17,18,20)/b9-7+. The van der Waals surface area contributed by atoms with Crippen molar-refractivity contribution >= 4 is 40.2 Å². The van der Waals surface area contributed by atoms with E-state index < -0.39 is 0 Å². The molecule has 0 radical (unpaired) electrons. The molecule has 6 nitrogen and oxygen atoms in total. The van der Waals surface area contributed by atoms with Crippen LogP contribution in [0.15, 0.2) is 28.6 Å². The first-order valence-electron chi connectivity index (χ1n) is 7.42. The molecule has 0 fully saturated rings. The van der Waals surface area contributed by atoms with Crippen molar-refractivity contribution in [2.45, 2.75) is 18.2 Å². The molecule has 24 heavy (non-hydrogen) atoms. The number of methoxy groups -OCH3 is 1. The lowest BCUT2D eigenvalue weighted by molar-refractivity contribution is -0.111. The third-order valence-electron chi connectivity index (χ3n) is 2.82. The Morgan fingerprint density at radius 1 is 1.33 bits per heavy atom. The third kappa shape index (κ3) is 5.24. The summed E-state index contributed by atoms with van der Waals surface area (Å²) in [4.78, 5) is 12.0. The number of benzene rings is 1. The molecule has 1 N–H and O–H groups in total. The van der Waals surface area contributed by atoms with Crippen LogP contribution in [0.4, 0.5) is 5.13 Å². The Bertz CT molecular complexity index is 716. The Labute approximate surface area is 149 Å². The van der Waals surface area contributed by atoms with Gasteiger partial charge >= 0.3 is 0 Å². The molecule has 1 aromatic heterocycles. The third-order valence-corrected chi connectivity index (χ3v) is 4.67. The zero-order valence-electron chi connectivity index (χ0n) is 13.7. The van der Waals surface area contributed by atoms with E-state index in [-0.39, 0.29) is 5.91 Å². The molecule has 1 heterocycles. The summed E-state index contributed by atoms with van der Waals surface area (Å²) in [5, 5.41) is 11.1. The fourth-order valence-electron chi connectivity index (χ4n) is 1.83. The average Bonchev–Trinajstić information content (AvgIpc) is 3.01. The molecule has 0 unspecified atom stereocenters. The summed E-state index contributed by atoms with van der Waals surface area (Å²) in [6, 6.07) is 5.49. The Morgan fingerprint density at radius 2 is 2.17 bits per heavy atom. The fourth-order valence-corrected chi connectivity index (χ4v) is 3.48. The first-order valence-corrected chi connectivity index (χ1v) is 9.22. The minimum atomic E-state index is -0.257. The zero-order valence-corrected chi connectivity index (χ0v) is 15.4. The van der Waals surface area contributed by atoms with E-state index in [9.17, 15) is 4.79 Å². The van der Waals surface area contributed by atoms with E-state index in [1.165, 1.54) is 17.4 Å². The summed E-state index contributed by atoms with van der Waals surface area (Å²) in [5.74, 6) is 1.97. The van der Waals surface area contributed by atoms with Crippen LogP contribution in [0.3, 0.4) is 0 Å². The number of anilines is 1. The maximum atomic E-state index is 12.0. The zero-order chi connectivity index (χ0) is 17.4. The maximum absolute atomic E-state index is 12.0. The first kappa shape index (κ1) is 18.3. The quantitative estimate of drug-likeness (QED) is 0.437. The van der Waals surface area contributed by atoms with E-state index >= 15 is 0 Å². The minimum Gasteiger partial charge on any atom is -0.493 e. The summed E-state index contributed by atoms with van der Waals surface area (Å²) < 4.78 is 11.6. The molecule has 2 aromatic rings. The van der Waals surface area contributed by atoms with Crippen molar-refractivity contribution in [1.82, 2.24) is 10.2 Å². The summed E-state index contributed by atoms with van der Waals surface area (Å²) in [7, 11) is 1.59. The molecular formula is C16H19N3O3S2. The van der Waals surface area contributed by atoms with E-state index in [4.69, 9.17) is 9.47 Å². The van der Waals surface area contributed by atoms with Crippen molar-refractivity contribution in [1.29, 1.82) is 0 Å². The predicted molar refractivity (Wildman–Crippen MR) is 98.1 cm³/mol. The second kappa shape index (κ2) is 9.29. The Kier molecular flexibility index (Phi) is 7.07. The number of amides is 1. The van der Waals surface area contributed by atoms with Crippen LogP contribution in [0, 0.1) is 0 Å². The molecule has 2 rings (SSSR count). The molecule has 0 aliphatic carbocycles. The highest BCUT2D eigenvalue weighted by Gasteiger charge is 2.07. The number of rotatable bonds is 8. The number of nitrogens with one attached hydrogen (secondary N) is 1. The van der Waals surface area contributed by atoms with Gasteiger partial charge in [0, 0.05) is 6.08 Å². The lowest BCUT2D eigenvalue weighted by Crippen LogP contribution is -2.07. The lowest BCUT2D eigenvalue weighted by Gasteiger charge is -2.09. The Hall–Kier alpha value is -2.06. The number of thioether (sulfide) groups is 1. The van der Waals surface area contributed by atoms with E-state index in [1.807, 2.05) is 32.0 Å². The van der Waals surface area contributed by atoms with Crippen LogP contribution in [-0.4, -0.2) is 35.6 Å². The van der Waals surface area contributed by atoms with Crippen LogP contribution in [0.2, 0.25) is 0 Å². The number of carbonyl (C=O) groups is 1. The highest BCUT2D eigenvalue weighted by molar-refractivity contribution is 8.01. The molecule has 1 aromatic carbocycles. The second-order valence-corrected chi connectivity index (χ2v) is 6.96. The highest BCUT2D eigenvalue weighted by atomic mass is 32.2. The van der Waals surface area contributed by atoms with Crippen molar-refractivity contribution in [2.75, 3.05) is 24.8 Å². The predicted octanol–water partition coefficient (Wildman–Crippen LogP) is 3.71. The molecule has 0 aliphatic rings. The molecule has 0 aliphatic heterocycles. The van der Waals surface area contributed by atoms with Crippen LogP contribution in [-0.2, 0) is 4.79 Å². The van der Waals surface area contributed by atoms with Crippen LogP contribution >= 0.6 is 23.1 Å². The average molecular weight is 365 g/mol. The molecule has 128 valence electrons.